The summed E-state index contributed by atoms with van der Waals surface area (Å²) in [6.07, 6.45) is 35.7. The van der Waals surface area contributed by atoms with Crippen LogP contribution in [-0.4, -0.2) is 24.1 Å². The molecule has 0 spiro atoms. The monoisotopic (exact) mass is 606 g/mol. The second-order valence-electron chi connectivity index (χ2n) is 13.2. The third-order valence-electron chi connectivity index (χ3n) is 8.97. The summed E-state index contributed by atoms with van der Waals surface area (Å²) in [4.78, 5) is 36.8. The lowest BCUT2D eigenvalue weighted by Crippen LogP contribution is -2.29. The number of nitrogens with zero attached hydrogens (tertiary/aromatic N) is 1. The molecule has 0 saturated carbocycles. The van der Waals surface area contributed by atoms with E-state index in [1.807, 2.05) is 0 Å². The van der Waals surface area contributed by atoms with Crippen molar-refractivity contribution in [1.29, 1.82) is 0 Å². The topological polar surface area (TPSA) is 91.3 Å². The van der Waals surface area contributed by atoms with Gasteiger partial charge >= 0.3 is 0 Å². The average molecular weight is 606 g/mol. The molecule has 0 aliphatic carbocycles. The number of amides is 2. The van der Waals surface area contributed by atoms with Crippen LogP contribution in [0.15, 0.2) is 0 Å². The summed E-state index contributed by atoms with van der Waals surface area (Å²) in [7, 11) is 0. The maximum atomic E-state index is 13.0. The zero-order valence-corrected chi connectivity index (χ0v) is 29.0. The Morgan fingerprint density at radius 1 is 0.465 bits per heavy atom. The zero-order chi connectivity index (χ0) is 31.6. The van der Waals surface area contributed by atoms with Gasteiger partial charge in [-0.05, 0) is 25.7 Å². The van der Waals surface area contributed by atoms with Crippen molar-refractivity contribution in [2.24, 2.45) is 11.7 Å². The fourth-order valence-electron chi connectivity index (χ4n) is 6.00. The largest absolute Gasteiger partial charge is 0.324 e. The fraction of sp³-hybridized carbons (Fsp3) is 0.921. The molecular weight excluding hydrogens is 532 g/mol. The molecule has 0 aromatic heterocycles. The Morgan fingerprint density at radius 2 is 0.791 bits per heavy atom. The Kier molecular flexibility index (Phi) is 32.7. The second-order valence-corrected chi connectivity index (χ2v) is 13.2. The summed E-state index contributed by atoms with van der Waals surface area (Å²) in [6.45, 7) is 4.68. The van der Waals surface area contributed by atoms with Gasteiger partial charge in [-0.25, -0.2) is 0 Å². The SMILES string of the molecule is CCCCCCCCCCCCC(CCCCCCCCCCC(=O)CN)C(=O)[N]C(=O)CCCCCCCCCCC. The van der Waals surface area contributed by atoms with E-state index in [4.69, 9.17) is 5.73 Å². The Bertz CT molecular complexity index is 637. The van der Waals surface area contributed by atoms with Crippen molar-refractivity contribution in [3.05, 3.63) is 0 Å². The maximum absolute atomic E-state index is 13.0. The van der Waals surface area contributed by atoms with Crippen LogP contribution in [0.4, 0.5) is 0 Å². The highest BCUT2D eigenvalue weighted by molar-refractivity contribution is 5.95. The van der Waals surface area contributed by atoms with Crippen LogP contribution < -0.4 is 11.1 Å². The van der Waals surface area contributed by atoms with E-state index in [9.17, 15) is 14.4 Å². The van der Waals surface area contributed by atoms with Gasteiger partial charge in [0.05, 0.1) is 6.54 Å². The van der Waals surface area contributed by atoms with Crippen LogP contribution in [-0.2, 0) is 14.4 Å². The lowest BCUT2D eigenvalue weighted by molar-refractivity contribution is -0.133. The van der Waals surface area contributed by atoms with Crippen LogP contribution >= 0.6 is 0 Å². The predicted octanol–water partition coefficient (Wildman–Crippen LogP) is 10.9. The molecule has 5 heteroatoms. The van der Waals surface area contributed by atoms with Gasteiger partial charge in [0, 0.05) is 18.8 Å². The Labute approximate surface area is 268 Å². The highest BCUT2D eigenvalue weighted by Crippen LogP contribution is 2.21. The number of carbonyl (C=O) groups excluding carboxylic acids is 3. The number of Topliss-reactive ketones (excluding diaryl/α,β-unsaturated/α-hetero) is 1. The molecule has 1 unspecified atom stereocenters. The molecule has 253 valence electrons. The van der Waals surface area contributed by atoms with E-state index in [-0.39, 0.29) is 30.1 Å². The molecule has 43 heavy (non-hydrogen) atoms. The van der Waals surface area contributed by atoms with E-state index in [1.54, 1.807) is 0 Å². The first-order chi connectivity index (χ1) is 21.0. The molecule has 0 bridgehead atoms. The summed E-state index contributed by atoms with van der Waals surface area (Å²) >= 11 is 0. The van der Waals surface area contributed by atoms with Crippen LogP contribution in [0.3, 0.4) is 0 Å². The van der Waals surface area contributed by atoms with Crippen molar-refractivity contribution < 1.29 is 14.4 Å². The second kappa shape index (κ2) is 33.7. The molecule has 2 N–H and O–H groups in total. The molecule has 2 amide bonds. The molecular formula is C38H73N2O3. The number of nitrogens with two attached hydrogens (primary N) is 1. The normalized spacial score (nSPS) is 12.0. The number of ketones is 1. The van der Waals surface area contributed by atoms with Crippen molar-refractivity contribution in [1.82, 2.24) is 5.32 Å². The predicted molar refractivity (Wildman–Crippen MR) is 184 cm³/mol. The zero-order valence-electron chi connectivity index (χ0n) is 29.0. The van der Waals surface area contributed by atoms with E-state index < -0.39 is 0 Å². The number of rotatable bonds is 34. The van der Waals surface area contributed by atoms with Crippen LogP contribution in [0.25, 0.3) is 0 Å². The van der Waals surface area contributed by atoms with Gasteiger partial charge in [0.15, 0.2) is 0 Å². The lowest BCUT2D eigenvalue weighted by Gasteiger charge is -2.15. The van der Waals surface area contributed by atoms with Gasteiger partial charge in [-0.1, -0.05) is 174 Å². The molecule has 0 aromatic rings. The molecule has 1 atom stereocenters. The molecule has 5 nitrogen and oxygen atoms in total. The van der Waals surface area contributed by atoms with Crippen molar-refractivity contribution >= 4 is 17.6 Å². The summed E-state index contributed by atoms with van der Waals surface area (Å²) in [5.41, 5.74) is 5.37. The smallest absolute Gasteiger partial charge is 0.251 e. The standard InChI is InChI=1S/C38H73N2O3/c1-3-5-7-9-11-13-15-18-22-26-30-35(31-27-23-19-16-17-20-24-28-32-36(41)34-39)38(43)40-37(42)33-29-25-21-14-12-10-8-6-4-2/h35H,3-34,39H2,1-2H3. The summed E-state index contributed by atoms with van der Waals surface area (Å²) in [5.74, 6) is -0.266. The summed E-state index contributed by atoms with van der Waals surface area (Å²) in [6, 6.07) is 0. The average Bonchev–Trinajstić information content (AvgIpc) is 3.00. The minimum Gasteiger partial charge on any atom is -0.324 e. The minimum atomic E-state index is -0.200. The van der Waals surface area contributed by atoms with Gasteiger partial charge in [-0.15, -0.1) is 0 Å². The molecule has 0 aliphatic rings. The van der Waals surface area contributed by atoms with E-state index in [0.717, 1.165) is 57.8 Å². The molecule has 0 saturated heterocycles. The summed E-state index contributed by atoms with van der Waals surface area (Å²) in [5, 5.41) is 4.07. The third kappa shape index (κ3) is 30.6. The minimum absolute atomic E-state index is 0.0822. The van der Waals surface area contributed by atoms with Gasteiger partial charge in [0.25, 0.3) is 5.91 Å². The van der Waals surface area contributed by atoms with Crippen LogP contribution in [0.1, 0.15) is 213 Å². The highest BCUT2D eigenvalue weighted by atomic mass is 16.2. The quantitative estimate of drug-likeness (QED) is 0.0738. The third-order valence-corrected chi connectivity index (χ3v) is 8.97. The van der Waals surface area contributed by atoms with Crippen molar-refractivity contribution in [3.8, 4) is 0 Å². The number of unbranched alkanes of at least 4 members (excludes halogenated alkanes) is 24. The fourth-order valence-corrected chi connectivity index (χ4v) is 6.00. The van der Waals surface area contributed by atoms with Crippen LogP contribution in [0.2, 0.25) is 0 Å². The van der Waals surface area contributed by atoms with Crippen LogP contribution in [0.5, 0.6) is 0 Å². The van der Waals surface area contributed by atoms with Gasteiger partial charge in [-0.3, -0.25) is 14.4 Å². The molecule has 0 rings (SSSR count). The molecule has 0 aliphatic heterocycles. The highest BCUT2D eigenvalue weighted by Gasteiger charge is 2.21. The molecule has 0 heterocycles. The van der Waals surface area contributed by atoms with Gasteiger partial charge in [0.1, 0.15) is 5.78 Å². The Morgan fingerprint density at radius 3 is 1.16 bits per heavy atom. The first-order valence-electron chi connectivity index (χ1n) is 19.0. The van der Waals surface area contributed by atoms with E-state index in [0.29, 0.717) is 12.8 Å². The van der Waals surface area contributed by atoms with Crippen molar-refractivity contribution in [3.63, 3.8) is 0 Å². The Balaban J connectivity index is 4.24. The molecule has 0 aromatic carbocycles. The summed E-state index contributed by atoms with van der Waals surface area (Å²) < 4.78 is 0. The maximum Gasteiger partial charge on any atom is 0.251 e. The van der Waals surface area contributed by atoms with Gasteiger partial charge in [0.2, 0.25) is 5.91 Å². The number of carbonyl (C=O) groups is 3. The first-order valence-corrected chi connectivity index (χ1v) is 19.0. The first kappa shape index (κ1) is 41.8. The lowest BCUT2D eigenvalue weighted by atomic mass is 9.93. The van der Waals surface area contributed by atoms with E-state index in [1.165, 1.54) is 128 Å². The Hall–Kier alpha value is -1.23. The van der Waals surface area contributed by atoms with Crippen molar-refractivity contribution in [2.75, 3.05) is 6.54 Å². The van der Waals surface area contributed by atoms with Crippen LogP contribution in [0, 0.1) is 5.92 Å². The van der Waals surface area contributed by atoms with E-state index >= 15 is 0 Å². The van der Waals surface area contributed by atoms with E-state index in [2.05, 4.69) is 19.2 Å². The number of hydrogen-bond donors (Lipinski definition) is 1. The van der Waals surface area contributed by atoms with Gasteiger partial charge < -0.3 is 5.73 Å². The van der Waals surface area contributed by atoms with Crippen molar-refractivity contribution in [2.45, 2.75) is 213 Å². The number of imide groups is 1. The number of hydrogen-bond acceptors (Lipinski definition) is 4. The molecule has 1 radical (unpaired) electrons. The van der Waals surface area contributed by atoms with Gasteiger partial charge in [-0.2, -0.15) is 5.32 Å². The molecule has 0 fully saturated rings.